The number of ether oxygens (including phenoxy) is 6. The summed E-state index contributed by atoms with van der Waals surface area (Å²) < 4.78 is 34.4. The maximum atomic E-state index is 14.1. The largest absolute Gasteiger partial charge is 0.468 e. The molecule has 1 atom stereocenters. The smallest absolute Gasteiger partial charge is 0.340 e. The highest BCUT2D eigenvalue weighted by molar-refractivity contribution is 6.03. The van der Waals surface area contributed by atoms with E-state index in [4.69, 9.17) is 28.4 Å². The minimum Gasteiger partial charge on any atom is -0.468 e. The zero-order chi connectivity index (χ0) is 39.9. The van der Waals surface area contributed by atoms with Gasteiger partial charge in [0.25, 0.3) is 5.91 Å². The van der Waals surface area contributed by atoms with Gasteiger partial charge in [0.05, 0.1) is 5.56 Å². The van der Waals surface area contributed by atoms with Crippen molar-refractivity contribution in [1.29, 1.82) is 0 Å². The molecule has 4 aromatic carbocycles. The number of methoxy groups -OCH3 is 1. The monoisotopic (exact) mass is 750 g/mol. The number of fused-ring (bicyclic) bond motifs is 6. The molecule has 0 saturated heterocycles. The maximum absolute atomic E-state index is 14.1. The number of carbonyl (C=O) groups excluding carboxylic acids is 4. The molecule has 288 valence electrons. The molecule has 0 fully saturated rings. The Balaban J connectivity index is 1.38. The molecule has 0 bridgehead atoms. The van der Waals surface area contributed by atoms with Crippen LogP contribution in [-0.4, -0.2) is 74.0 Å². The fourth-order valence-corrected chi connectivity index (χ4v) is 6.65. The fraction of sp³-hybridized carbons (Fsp3) is 0.349. The summed E-state index contributed by atoms with van der Waals surface area (Å²) in [4.78, 5) is 56.8. The molecule has 55 heavy (non-hydrogen) atoms. The molecular formula is C43H46N2O10. The average Bonchev–Trinajstić information content (AvgIpc) is 3.39. The molecule has 4 aromatic rings. The normalized spacial score (nSPS) is 15.5. The van der Waals surface area contributed by atoms with E-state index in [0.717, 1.165) is 21.8 Å². The van der Waals surface area contributed by atoms with Gasteiger partial charge in [-0.2, -0.15) is 0 Å². The summed E-state index contributed by atoms with van der Waals surface area (Å²) >= 11 is 0. The summed E-state index contributed by atoms with van der Waals surface area (Å²) in [6.07, 6.45) is 0. The van der Waals surface area contributed by atoms with Crippen molar-refractivity contribution in [2.45, 2.75) is 65.3 Å². The summed E-state index contributed by atoms with van der Waals surface area (Å²) in [5.41, 5.74) is 1.61. The molecule has 2 aliphatic heterocycles. The van der Waals surface area contributed by atoms with Gasteiger partial charge in [0.1, 0.15) is 41.5 Å². The van der Waals surface area contributed by atoms with Crippen LogP contribution in [-0.2, 0) is 34.1 Å². The van der Waals surface area contributed by atoms with Crippen LogP contribution in [0, 0.1) is 6.92 Å². The Hall–Kier alpha value is -5.88. The topological polar surface area (TPSA) is 130 Å². The number of hydrogen-bond donors (Lipinski definition) is 0. The highest BCUT2D eigenvalue weighted by atomic mass is 16.7. The molecule has 0 saturated carbocycles. The molecule has 1 unspecified atom stereocenters. The summed E-state index contributed by atoms with van der Waals surface area (Å²) in [5.74, 6) is -1.03. The van der Waals surface area contributed by atoms with E-state index in [0.29, 0.717) is 33.9 Å². The van der Waals surface area contributed by atoms with Gasteiger partial charge >= 0.3 is 17.9 Å². The van der Waals surface area contributed by atoms with Crippen molar-refractivity contribution < 1.29 is 47.6 Å². The van der Waals surface area contributed by atoms with Crippen molar-refractivity contribution >= 4 is 35.2 Å². The Kier molecular flexibility index (Phi) is 10.4. The van der Waals surface area contributed by atoms with E-state index in [2.05, 4.69) is 0 Å². The van der Waals surface area contributed by atoms with Gasteiger partial charge in [0, 0.05) is 53.9 Å². The lowest BCUT2D eigenvalue weighted by molar-refractivity contribution is -0.158. The average molecular weight is 751 g/mol. The fourth-order valence-electron chi connectivity index (χ4n) is 6.65. The number of hydrogen-bond acceptors (Lipinski definition) is 11. The van der Waals surface area contributed by atoms with Crippen LogP contribution in [0.3, 0.4) is 0 Å². The number of esters is 3. The van der Waals surface area contributed by atoms with E-state index in [1.54, 1.807) is 60.8 Å². The highest BCUT2D eigenvalue weighted by Gasteiger charge is 2.54. The van der Waals surface area contributed by atoms with Gasteiger partial charge in [-0.05, 0) is 109 Å². The van der Waals surface area contributed by atoms with Crippen LogP contribution >= 0.6 is 0 Å². The Morgan fingerprint density at radius 2 is 1.29 bits per heavy atom. The lowest BCUT2D eigenvalue weighted by atomic mass is 9.77. The van der Waals surface area contributed by atoms with Crippen molar-refractivity contribution in [1.82, 2.24) is 4.90 Å². The van der Waals surface area contributed by atoms with Crippen molar-refractivity contribution in [3.8, 4) is 17.2 Å². The second kappa shape index (κ2) is 14.7. The minimum atomic E-state index is -1.39. The molecule has 0 N–H and O–H groups in total. The first-order chi connectivity index (χ1) is 25.9. The lowest BCUT2D eigenvalue weighted by Gasteiger charge is -2.37. The van der Waals surface area contributed by atoms with E-state index >= 15 is 0 Å². The third kappa shape index (κ3) is 8.14. The van der Waals surface area contributed by atoms with Crippen LogP contribution in [0.4, 0.5) is 11.4 Å². The highest BCUT2D eigenvalue weighted by Crippen LogP contribution is 2.57. The number of benzene rings is 4. The first-order valence-corrected chi connectivity index (χ1v) is 17.9. The molecule has 2 heterocycles. The Morgan fingerprint density at radius 1 is 0.727 bits per heavy atom. The maximum Gasteiger partial charge on any atom is 0.340 e. The summed E-state index contributed by atoms with van der Waals surface area (Å²) in [6.45, 7) is 11.3. The van der Waals surface area contributed by atoms with Gasteiger partial charge in [0.2, 0.25) is 0 Å². The summed E-state index contributed by atoms with van der Waals surface area (Å²) in [5, 5.41) is 0. The first kappa shape index (κ1) is 38.8. The van der Waals surface area contributed by atoms with Crippen LogP contribution in [0.1, 0.15) is 84.5 Å². The molecule has 12 heteroatoms. The quantitative estimate of drug-likeness (QED) is 0.0911. The van der Waals surface area contributed by atoms with Crippen LogP contribution in [0.25, 0.3) is 0 Å². The molecular weight excluding hydrogens is 704 g/mol. The van der Waals surface area contributed by atoms with E-state index < -0.39 is 53.7 Å². The van der Waals surface area contributed by atoms with Crippen molar-refractivity contribution in [2.24, 2.45) is 0 Å². The van der Waals surface area contributed by atoms with Crippen LogP contribution in [0.5, 0.6) is 17.2 Å². The number of aryl methyl sites for hydroxylation is 1. The molecule has 1 spiro atoms. The minimum absolute atomic E-state index is 0.0758. The van der Waals surface area contributed by atoms with Crippen molar-refractivity contribution in [2.75, 3.05) is 38.9 Å². The van der Waals surface area contributed by atoms with Gasteiger partial charge in [0.15, 0.2) is 12.4 Å². The molecule has 2 aliphatic rings. The zero-order valence-corrected chi connectivity index (χ0v) is 32.6. The second-order valence-corrected chi connectivity index (χ2v) is 15.6. The standard InChI is InChI=1S/C43H46N2O10/c1-26-10-17-33-35(20-26)52-36-22-29(44(8)28-12-15-30(16-13-28)51-25-50-9)14-19-34(36)43(33)32-18-11-27(21-31(32)40(49)55-43)39(48)45(23-37(46)53-41(2,3)4)24-38(47)54-42(5,6)7/h10-22H,23-25H2,1-9H3. The predicted octanol–water partition coefficient (Wildman–Crippen LogP) is 7.44. The molecule has 1 amide bonds. The Labute approximate surface area is 320 Å². The molecule has 0 aliphatic carbocycles. The van der Waals surface area contributed by atoms with Gasteiger partial charge in [-0.25, -0.2) is 4.79 Å². The number of anilines is 2. The number of amides is 1. The summed E-state index contributed by atoms with van der Waals surface area (Å²) in [7, 11) is 3.50. The van der Waals surface area contributed by atoms with Crippen LogP contribution < -0.4 is 14.4 Å². The molecule has 0 aromatic heterocycles. The van der Waals surface area contributed by atoms with E-state index in [-0.39, 0.29) is 17.9 Å². The van der Waals surface area contributed by atoms with E-state index in [9.17, 15) is 19.2 Å². The molecule has 6 rings (SSSR count). The van der Waals surface area contributed by atoms with Crippen LogP contribution in [0.2, 0.25) is 0 Å². The molecule has 12 nitrogen and oxygen atoms in total. The van der Waals surface area contributed by atoms with Gasteiger partial charge in [-0.1, -0.05) is 18.2 Å². The number of carbonyl (C=O) groups is 4. The van der Waals surface area contributed by atoms with Crippen molar-refractivity contribution in [3.63, 3.8) is 0 Å². The van der Waals surface area contributed by atoms with Gasteiger partial charge in [-0.15, -0.1) is 0 Å². The number of rotatable bonds is 10. The van der Waals surface area contributed by atoms with Gasteiger partial charge < -0.3 is 38.2 Å². The predicted molar refractivity (Wildman–Crippen MR) is 204 cm³/mol. The van der Waals surface area contributed by atoms with E-state index in [1.165, 1.54) is 6.07 Å². The van der Waals surface area contributed by atoms with Crippen LogP contribution in [0.15, 0.2) is 78.9 Å². The molecule has 0 radical (unpaired) electrons. The van der Waals surface area contributed by atoms with Crippen molar-refractivity contribution in [3.05, 3.63) is 112 Å². The third-order valence-electron chi connectivity index (χ3n) is 8.91. The number of nitrogens with zero attached hydrogens (tertiary/aromatic N) is 2. The van der Waals surface area contributed by atoms with E-state index in [1.807, 2.05) is 79.5 Å². The lowest BCUT2D eigenvalue weighted by Crippen LogP contribution is -2.43. The third-order valence-corrected chi connectivity index (χ3v) is 8.91. The second-order valence-electron chi connectivity index (χ2n) is 15.6. The van der Waals surface area contributed by atoms with Gasteiger partial charge in [-0.3, -0.25) is 14.4 Å². The Bertz CT molecular complexity index is 2120. The summed E-state index contributed by atoms with van der Waals surface area (Å²) in [6, 6.07) is 23.7. The SMILES string of the molecule is COCOc1ccc(N(C)c2ccc3c(c2)Oc2cc(C)ccc2C32OC(=O)c3cc(C(=O)N(CC(=O)OC(C)(C)C)CC(=O)OC(C)(C)C)ccc32)cc1. The zero-order valence-electron chi connectivity index (χ0n) is 32.6. The Morgan fingerprint density at radius 3 is 1.89 bits per heavy atom. The first-order valence-electron chi connectivity index (χ1n) is 17.9.